The number of imide groups is 1. The van der Waals surface area contributed by atoms with Crippen LogP contribution >= 0.6 is 0 Å². The van der Waals surface area contributed by atoms with Crippen molar-refractivity contribution in [3.05, 3.63) is 59.8 Å². The molecule has 4 amide bonds. The Labute approximate surface area is 200 Å². The first-order chi connectivity index (χ1) is 16.3. The highest BCUT2D eigenvalue weighted by molar-refractivity contribution is 6.07. The Bertz CT molecular complexity index is 1050. The number of nitrogens with one attached hydrogen (secondary N) is 2. The van der Waals surface area contributed by atoms with Crippen LogP contribution in [0.2, 0.25) is 0 Å². The van der Waals surface area contributed by atoms with Crippen molar-refractivity contribution in [2.75, 3.05) is 0 Å². The lowest BCUT2D eigenvalue weighted by atomic mass is 9.90. The molecule has 2 N–H and O–H groups in total. The van der Waals surface area contributed by atoms with Crippen molar-refractivity contribution in [2.24, 2.45) is 10.9 Å². The van der Waals surface area contributed by atoms with E-state index in [0.29, 0.717) is 28.8 Å². The van der Waals surface area contributed by atoms with Crippen LogP contribution in [0.5, 0.6) is 0 Å². The summed E-state index contributed by atoms with van der Waals surface area (Å²) >= 11 is 0. The third-order valence-corrected chi connectivity index (χ3v) is 6.49. The summed E-state index contributed by atoms with van der Waals surface area (Å²) in [6.07, 6.45) is 7.40. The van der Waals surface area contributed by atoms with Gasteiger partial charge in [0.25, 0.3) is 11.8 Å². The van der Waals surface area contributed by atoms with Gasteiger partial charge >= 0.3 is 0 Å². The number of carbonyl (C=O) groups is 4. The highest BCUT2D eigenvalue weighted by Crippen LogP contribution is 2.28. The fourth-order valence-corrected chi connectivity index (χ4v) is 4.55. The lowest BCUT2D eigenvalue weighted by Crippen LogP contribution is -2.52. The lowest BCUT2D eigenvalue weighted by Gasteiger charge is -2.29. The van der Waals surface area contributed by atoms with Crippen LogP contribution in [0.15, 0.2) is 48.1 Å². The summed E-state index contributed by atoms with van der Waals surface area (Å²) in [6, 6.07) is 3.97. The molecule has 0 radical (unpaired) electrons. The molecule has 3 rings (SSSR count). The normalized spacial score (nSPS) is 19.4. The number of aliphatic imine (C=N–C) groups is 1. The summed E-state index contributed by atoms with van der Waals surface area (Å²) in [5.41, 5.74) is 2.29. The number of amides is 4. The van der Waals surface area contributed by atoms with Gasteiger partial charge in [-0.15, -0.1) is 0 Å². The molecule has 1 unspecified atom stereocenters. The zero-order chi connectivity index (χ0) is 24.8. The van der Waals surface area contributed by atoms with Crippen LogP contribution in [-0.2, 0) is 16.1 Å². The standard InChI is InChI=1S/C26H32N4O4/c1-5-13-27-20(8-4)23(16(6-2)7-3)29-24(32)17-9-10-19-18(14-17)15-30(26(19)34)21-11-12-22(31)28-25(21)33/h5,8-10,13-14,16,21,23H,4,6-7,11-12,15H2,1-3H3,(H,29,32)(H,28,31,33)/b13-5-,27-20+/t21?,23-/m0/s1. The second kappa shape index (κ2) is 11.0. The van der Waals surface area contributed by atoms with E-state index in [1.54, 1.807) is 30.5 Å². The Hall–Kier alpha value is -3.55. The van der Waals surface area contributed by atoms with E-state index in [1.807, 2.05) is 13.0 Å². The molecule has 2 atom stereocenters. The maximum Gasteiger partial charge on any atom is 0.255 e. The average molecular weight is 465 g/mol. The monoisotopic (exact) mass is 464 g/mol. The van der Waals surface area contributed by atoms with Crippen molar-refractivity contribution in [1.29, 1.82) is 0 Å². The average Bonchev–Trinajstić information content (AvgIpc) is 3.15. The Morgan fingerprint density at radius 2 is 2.03 bits per heavy atom. The van der Waals surface area contributed by atoms with Gasteiger partial charge in [-0.25, -0.2) is 0 Å². The zero-order valence-corrected chi connectivity index (χ0v) is 20.0. The Morgan fingerprint density at radius 1 is 1.29 bits per heavy atom. The molecule has 0 aliphatic carbocycles. The number of piperidine rings is 1. The van der Waals surface area contributed by atoms with E-state index in [4.69, 9.17) is 0 Å². The lowest BCUT2D eigenvalue weighted by molar-refractivity contribution is -0.136. The number of hydrogen-bond donors (Lipinski definition) is 2. The molecule has 8 heteroatoms. The minimum atomic E-state index is -0.688. The van der Waals surface area contributed by atoms with E-state index in [-0.39, 0.29) is 42.6 Å². The number of allylic oxidation sites excluding steroid dienone is 1. The van der Waals surface area contributed by atoms with E-state index in [2.05, 4.69) is 36.1 Å². The van der Waals surface area contributed by atoms with Crippen molar-refractivity contribution in [1.82, 2.24) is 15.5 Å². The second-order valence-corrected chi connectivity index (χ2v) is 8.54. The van der Waals surface area contributed by atoms with Gasteiger partial charge in [-0.1, -0.05) is 39.3 Å². The second-order valence-electron chi connectivity index (χ2n) is 8.54. The molecule has 1 aromatic rings. The number of nitrogens with zero attached hydrogens (tertiary/aromatic N) is 2. The Morgan fingerprint density at radius 3 is 2.65 bits per heavy atom. The van der Waals surface area contributed by atoms with Gasteiger partial charge in [-0.2, -0.15) is 0 Å². The summed E-state index contributed by atoms with van der Waals surface area (Å²) in [7, 11) is 0. The van der Waals surface area contributed by atoms with Gasteiger partial charge in [-0.05, 0) is 49.1 Å². The predicted molar refractivity (Wildman–Crippen MR) is 130 cm³/mol. The van der Waals surface area contributed by atoms with E-state index < -0.39 is 11.9 Å². The minimum Gasteiger partial charge on any atom is -0.343 e. The fraction of sp³-hybridized carbons (Fsp3) is 0.423. The smallest absolute Gasteiger partial charge is 0.255 e. The third-order valence-electron chi connectivity index (χ3n) is 6.49. The molecule has 34 heavy (non-hydrogen) atoms. The first-order valence-corrected chi connectivity index (χ1v) is 11.7. The molecule has 2 aliphatic heterocycles. The highest BCUT2D eigenvalue weighted by Gasteiger charge is 2.39. The molecule has 0 spiro atoms. The van der Waals surface area contributed by atoms with Crippen molar-refractivity contribution >= 4 is 29.3 Å². The van der Waals surface area contributed by atoms with Crippen LogP contribution in [0.4, 0.5) is 0 Å². The number of benzene rings is 1. The zero-order valence-electron chi connectivity index (χ0n) is 20.0. The van der Waals surface area contributed by atoms with Crippen LogP contribution < -0.4 is 10.6 Å². The van der Waals surface area contributed by atoms with E-state index in [0.717, 1.165) is 12.8 Å². The molecular weight excluding hydrogens is 432 g/mol. The van der Waals surface area contributed by atoms with E-state index in [1.165, 1.54) is 4.90 Å². The first kappa shape index (κ1) is 25.1. The van der Waals surface area contributed by atoms with Crippen LogP contribution in [0, 0.1) is 5.92 Å². The molecule has 0 aromatic heterocycles. The molecular formula is C26H32N4O4. The summed E-state index contributed by atoms with van der Waals surface area (Å²) in [6.45, 7) is 10.1. The topological polar surface area (TPSA) is 108 Å². The number of fused-ring (bicyclic) bond motifs is 1. The predicted octanol–water partition coefficient (Wildman–Crippen LogP) is 3.14. The van der Waals surface area contributed by atoms with Crippen molar-refractivity contribution in [3.63, 3.8) is 0 Å². The van der Waals surface area contributed by atoms with Gasteiger partial charge in [-0.3, -0.25) is 29.5 Å². The van der Waals surface area contributed by atoms with Crippen LogP contribution in [0.1, 0.15) is 72.7 Å². The van der Waals surface area contributed by atoms with E-state index in [9.17, 15) is 19.2 Å². The quantitative estimate of drug-likeness (QED) is 0.432. The maximum atomic E-state index is 13.2. The van der Waals surface area contributed by atoms with Gasteiger partial charge < -0.3 is 10.2 Å². The molecule has 0 bridgehead atoms. The molecule has 0 saturated carbocycles. The van der Waals surface area contributed by atoms with Gasteiger partial charge in [0.05, 0.1) is 11.8 Å². The van der Waals surface area contributed by atoms with Gasteiger partial charge in [0.1, 0.15) is 6.04 Å². The molecule has 1 fully saturated rings. The summed E-state index contributed by atoms with van der Waals surface area (Å²) < 4.78 is 0. The maximum absolute atomic E-state index is 13.2. The number of hydrogen-bond acceptors (Lipinski definition) is 5. The Balaban J connectivity index is 1.82. The minimum absolute atomic E-state index is 0.185. The molecule has 180 valence electrons. The van der Waals surface area contributed by atoms with Crippen LogP contribution in [0.25, 0.3) is 0 Å². The summed E-state index contributed by atoms with van der Waals surface area (Å²) in [4.78, 5) is 55.8. The molecule has 1 aromatic carbocycles. The van der Waals surface area contributed by atoms with Crippen LogP contribution in [0.3, 0.4) is 0 Å². The molecule has 2 heterocycles. The fourth-order valence-electron chi connectivity index (χ4n) is 4.55. The largest absolute Gasteiger partial charge is 0.343 e. The first-order valence-electron chi connectivity index (χ1n) is 11.7. The molecule has 2 aliphatic rings. The molecule has 1 saturated heterocycles. The number of carbonyl (C=O) groups excluding carboxylic acids is 4. The third kappa shape index (κ3) is 5.16. The number of rotatable bonds is 9. The molecule has 8 nitrogen and oxygen atoms in total. The van der Waals surface area contributed by atoms with Crippen molar-refractivity contribution in [3.8, 4) is 0 Å². The van der Waals surface area contributed by atoms with Crippen LogP contribution in [-0.4, -0.2) is 46.3 Å². The van der Waals surface area contributed by atoms with Crippen molar-refractivity contribution < 1.29 is 19.2 Å². The summed E-state index contributed by atoms with van der Waals surface area (Å²) in [5, 5.41) is 5.41. The Kier molecular flexibility index (Phi) is 8.15. The van der Waals surface area contributed by atoms with Gasteiger partial charge in [0.2, 0.25) is 11.8 Å². The van der Waals surface area contributed by atoms with E-state index >= 15 is 0 Å². The highest BCUT2D eigenvalue weighted by atomic mass is 16.2. The van der Waals surface area contributed by atoms with Crippen molar-refractivity contribution in [2.45, 2.75) is 65.1 Å². The SMILES string of the molecule is C=C/C(=N\C=C/C)[C@@H](NC(=O)c1ccc2c(c1)CN(C1CCC(=O)NC1=O)C2=O)C(CC)CC. The van der Waals surface area contributed by atoms with Gasteiger partial charge in [0, 0.05) is 30.3 Å². The summed E-state index contributed by atoms with van der Waals surface area (Å²) in [5.74, 6) is -1.13. The van der Waals surface area contributed by atoms with Gasteiger partial charge in [0.15, 0.2) is 0 Å².